The van der Waals surface area contributed by atoms with Gasteiger partial charge < -0.3 is 10.2 Å². The zero-order valence-electron chi connectivity index (χ0n) is 13.8. The second-order valence-electron chi connectivity index (χ2n) is 6.28. The number of aryl methyl sites for hydroxylation is 1. The van der Waals surface area contributed by atoms with Crippen molar-refractivity contribution in [1.82, 2.24) is 10.2 Å². The molecule has 4 heteroatoms. The van der Waals surface area contributed by atoms with E-state index in [1.807, 2.05) is 11.9 Å². The van der Waals surface area contributed by atoms with Gasteiger partial charge in [-0.25, -0.2) is 0 Å². The number of hydrogen-bond donors (Lipinski definition) is 1. The number of rotatable bonds is 6. The summed E-state index contributed by atoms with van der Waals surface area (Å²) < 4.78 is 0. The van der Waals surface area contributed by atoms with E-state index in [0.717, 1.165) is 45.2 Å². The lowest BCUT2D eigenvalue weighted by molar-refractivity contribution is -0.135. The van der Waals surface area contributed by atoms with Gasteiger partial charge >= 0.3 is 0 Å². The zero-order valence-corrected chi connectivity index (χ0v) is 14.6. The molecule has 1 fully saturated rings. The Hall–Kier alpha value is -1.06. The maximum absolute atomic E-state index is 12.4. The molecule has 0 spiro atoms. The number of benzene rings is 1. The average molecular weight is 325 g/mol. The molecule has 22 heavy (non-hydrogen) atoms. The van der Waals surface area contributed by atoms with E-state index < -0.39 is 0 Å². The van der Waals surface area contributed by atoms with Gasteiger partial charge in [0.1, 0.15) is 0 Å². The first-order valence-corrected chi connectivity index (χ1v) is 8.19. The van der Waals surface area contributed by atoms with Gasteiger partial charge in [-0.15, -0.1) is 12.4 Å². The molecule has 1 N–H and O–H groups in total. The molecule has 0 radical (unpaired) electrons. The summed E-state index contributed by atoms with van der Waals surface area (Å²) in [6, 6.07) is 11.0. The van der Waals surface area contributed by atoms with Gasteiger partial charge in [0.2, 0.25) is 5.91 Å². The Bertz CT molecular complexity index is 438. The van der Waals surface area contributed by atoms with Gasteiger partial charge in [-0.1, -0.05) is 30.3 Å². The maximum atomic E-state index is 12.4. The third kappa shape index (κ3) is 5.98. The Balaban J connectivity index is 0.00000242. The molecule has 1 aliphatic rings. The normalized spacial score (nSPS) is 21.0. The summed E-state index contributed by atoms with van der Waals surface area (Å²) in [5.41, 5.74) is 1.39. The van der Waals surface area contributed by atoms with Crippen LogP contribution in [0.2, 0.25) is 0 Å². The zero-order chi connectivity index (χ0) is 15.1. The van der Waals surface area contributed by atoms with Gasteiger partial charge in [0.25, 0.3) is 0 Å². The van der Waals surface area contributed by atoms with Gasteiger partial charge in [-0.05, 0) is 51.1 Å². The average Bonchev–Trinajstić information content (AvgIpc) is 2.51. The number of amides is 1. The molecule has 124 valence electrons. The highest BCUT2D eigenvalue weighted by molar-refractivity contribution is 5.85. The number of carbonyl (C=O) groups is 1. The standard InChI is InChI=1S/C18H28N2O.ClH/c1-15-14-17(11-12-19-15)18(21)20(2)13-7-6-10-16-8-4-3-5-9-16;/h3-5,8-9,15,17,19H,6-7,10-14H2,1-2H3;1H/t15-,17-;/m0./s1. The fourth-order valence-electron chi connectivity index (χ4n) is 3.10. The van der Waals surface area contributed by atoms with Crippen molar-refractivity contribution in [2.45, 2.75) is 45.1 Å². The number of hydrogen-bond acceptors (Lipinski definition) is 2. The molecule has 0 saturated carbocycles. The molecule has 2 rings (SSSR count). The van der Waals surface area contributed by atoms with E-state index in [0.29, 0.717) is 11.9 Å². The number of halogens is 1. The molecule has 3 nitrogen and oxygen atoms in total. The van der Waals surface area contributed by atoms with E-state index in [2.05, 4.69) is 42.6 Å². The van der Waals surface area contributed by atoms with Crippen LogP contribution in [0.5, 0.6) is 0 Å². The fourth-order valence-corrected chi connectivity index (χ4v) is 3.10. The van der Waals surface area contributed by atoms with Crippen LogP contribution in [0.4, 0.5) is 0 Å². The third-order valence-electron chi connectivity index (χ3n) is 4.40. The summed E-state index contributed by atoms with van der Waals surface area (Å²) in [6.07, 6.45) is 5.29. The lowest BCUT2D eigenvalue weighted by Gasteiger charge is -2.30. The van der Waals surface area contributed by atoms with Crippen molar-refractivity contribution >= 4 is 18.3 Å². The van der Waals surface area contributed by atoms with Crippen molar-refractivity contribution in [2.24, 2.45) is 5.92 Å². The summed E-state index contributed by atoms with van der Waals surface area (Å²) >= 11 is 0. The smallest absolute Gasteiger partial charge is 0.225 e. The van der Waals surface area contributed by atoms with Crippen molar-refractivity contribution in [3.8, 4) is 0 Å². The quantitative estimate of drug-likeness (QED) is 0.814. The second-order valence-corrected chi connectivity index (χ2v) is 6.28. The van der Waals surface area contributed by atoms with Crippen LogP contribution >= 0.6 is 12.4 Å². The monoisotopic (exact) mass is 324 g/mol. The van der Waals surface area contributed by atoms with E-state index in [-0.39, 0.29) is 18.3 Å². The van der Waals surface area contributed by atoms with Crippen molar-refractivity contribution < 1.29 is 4.79 Å². The van der Waals surface area contributed by atoms with Crippen LogP contribution < -0.4 is 5.32 Å². The summed E-state index contributed by atoms with van der Waals surface area (Å²) in [5.74, 6) is 0.559. The highest BCUT2D eigenvalue weighted by Crippen LogP contribution is 2.18. The molecule has 1 aliphatic heterocycles. The fraction of sp³-hybridized carbons (Fsp3) is 0.611. The summed E-state index contributed by atoms with van der Waals surface area (Å²) in [6.45, 7) is 4.02. The minimum atomic E-state index is 0. The number of piperidine rings is 1. The second kappa shape index (κ2) is 9.86. The minimum Gasteiger partial charge on any atom is -0.346 e. The first-order valence-electron chi connectivity index (χ1n) is 8.19. The molecule has 0 aliphatic carbocycles. The number of carbonyl (C=O) groups excluding carboxylic acids is 1. The van der Waals surface area contributed by atoms with Gasteiger partial charge in [-0.3, -0.25) is 4.79 Å². The number of nitrogens with one attached hydrogen (secondary N) is 1. The van der Waals surface area contributed by atoms with Crippen LogP contribution in [0.15, 0.2) is 30.3 Å². The molecule has 0 unspecified atom stereocenters. The summed E-state index contributed by atoms with van der Waals surface area (Å²) in [7, 11) is 1.96. The Kier molecular flexibility index (Phi) is 8.51. The molecule has 1 heterocycles. The summed E-state index contributed by atoms with van der Waals surface area (Å²) in [4.78, 5) is 14.3. The Morgan fingerprint density at radius 2 is 2.00 bits per heavy atom. The van der Waals surface area contributed by atoms with Crippen LogP contribution in [0, 0.1) is 5.92 Å². The van der Waals surface area contributed by atoms with E-state index in [1.54, 1.807) is 0 Å². The molecule has 1 amide bonds. The SMILES string of the molecule is C[C@H]1C[C@@H](C(=O)N(C)CCCCc2ccccc2)CCN1.Cl. The van der Waals surface area contributed by atoms with Crippen LogP contribution in [-0.2, 0) is 11.2 Å². The van der Waals surface area contributed by atoms with Crippen LogP contribution in [0.1, 0.15) is 38.2 Å². The van der Waals surface area contributed by atoms with Crippen LogP contribution in [0.25, 0.3) is 0 Å². The predicted molar refractivity (Wildman–Crippen MR) is 94.5 cm³/mol. The highest BCUT2D eigenvalue weighted by atomic mass is 35.5. The highest BCUT2D eigenvalue weighted by Gasteiger charge is 2.26. The number of unbranched alkanes of at least 4 members (excludes halogenated alkanes) is 1. The van der Waals surface area contributed by atoms with E-state index in [4.69, 9.17) is 0 Å². The van der Waals surface area contributed by atoms with Crippen molar-refractivity contribution in [2.75, 3.05) is 20.1 Å². The minimum absolute atomic E-state index is 0. The first-order chi connectivity index (χ1) is 10.2. The molecule has 2 atom stereocenters. The Labute approximate surface area is 140 Å². The molecular weight excluding hydrogens is 296 g/mol. The maximum Gasteiger partial charge on any atom is 0.225 e. The Morgan fingerprint density at radius 3 is 2.68 bits per heavy atom. The van der Waals surface area contributed by atoms with Crippen molar-refractivity contribution in [1.29, 1.82) is 0 Å². The van der Waals surface area contributed by atoms with Crippen LogP contribution in [-0.4, -0.2) is 37.0 Å². The van der Waals surface area contributed by atoms with Gasteiger partial charge in [0.15, 0.2) is 0 Å². The van der Waals surface area contributed by atoms with Crippen molar-refractivity contribution in [3.63, 3.8) is 0 Å². The molecule has 1 aromatic rings. The van der Waals surface area contributed by atoms with E-state index in [9.17, 15) is 4.79 Å². The molecular formula is C18H29ClN2O. The molecule has 0 bridgehead atoms. The lowest BCUT2D eigenvalue weighted by atomic mass is 9.92. The summed E-state index contributed by atoms with van der Waals surface area (Å²) in [5, 5.41) is 3.41. The number of nitrogens with zero attached hydrogens (tertiary/aromatic N) is 1. The van der Waals surface area contributed by atoms with E-state index in [1.165, 1.54) is 5.56 Å². The van der Waals surface area contributed by atoms with Crippen molar-refractivity contribution in [3.05, 3.63) is 35.9 Å². The Morgan fingerprint density at radius 1 is 1.27 bits per heavy atom. The van der Waals surface area contributed by atoms with Crippen LogP contribution in [0.3, 0.4) is 0 Å². The lowest BCUT2D eigenvalue weighted by Crippen LogP contribution is -2.43. The third-order valence-corrected chi connectivity index (χ3v) is 4.40. The molecule has 1 aromatic carbocycles. The molecule has 0 aromatic heterocycles. The largest absolute Gasteiger partial charge is 0.346 e. The molecule has 1 saturated heterocycles. The van der Waals surface area contributed by atoms with E-state index >= 15 is 0 Å². The van der Waals surface area contributed by atoms with Gasteiger partial charge in [0.05, 0.1) is 0 Å². The van der Waals surface area contributed by atoms with Gasteiger partial charge in [-0.2, -0.15) is 0 Å². The van der Waals surface area contributed by atoms with Gasteiger partial charge in [0, 0.05) is 25.6 Å². The predicted octanol–water partition coefficient (Wildman–Crippen LogP) is 3.28. The topological polar surface area (TPSA) is 32.3 Å². The first kappa shape index (κ1) is 19.0.